The predicted molar refractivity (Wildman–Crippen MR) is 104 cm³/mol. The van der Waals surface area contributed by atoms with Gasteiger partial charge in [0.1, 0.15) is 0 Å². The number of amides is 1. The highest BCUT2D eigenvalue weighted by molar-refractivity contribution is 5.75. The third-order valence-electron chi connectivity index (χ3n) is 6.19. The van der Waals surface area contributed by atoms with Gasteiger partial charge in [0.2, 0.25) is 5.91 Å². The average Bonchev–Trinajstić information content (AvgIpc) is 3.26. The molecule has 1 atom stereocenters. The van der Waals surface area contributed by atoms with Crippen molar-refractivity contribution in [3.8, 4) is 0 Å². The molecule has 2 aliphatic heterocycles. The molecular formula is C19H35N7O. The van der Waals surface area contributed by atoms with Gasteiger partial charge < -0.3 is 9.80 Å². The number of nitrogens with zero attached hydrogens (tertiary/aromatic N) is 7. The van der Waals surface area contributed by atoms with Gasteiger partial charge in [-0.25, -0.2) is 4.68 Å². The molecule has 0 spiro atoms. The molecule has 1 amide bonds. The highest BCUT2D eigenvalue weighted by atomic mass is 16.2. The molecule has 0 N–H and O–H groups in total. The van der Waals surface area contributed by atoms with E-state index in [1.807, 2.05) is 16.6 Å². The van der Waals surface area contributed by atoms with Crippen molar-refractivity contribution < 1.29 is 4.79 Å². The summed E-state index contributed by atoms with van der Waals surface area (Å²) in [4.78, 5) is 19.1. The van der Waals surface area contributed by atoms with E-state index in [1.165, 1.54) is 25.7 Å². The van der Waals surface area contributed by atoms with E-state index in [0.717, 1.165) is 50.9 Å². The molecule has 152 valence electrons. The van der Waals surface area contributed by atoms with E-state index in [9.17, 15) is 4.79 Å². The number of hydrogen-bond acceptors (Lipinski definition) is 6. The standard InChI is InChI=1S/C19H35N7O/c1-16-8-12-25(13-9-16)15-18-20-21-22-26(18)11-5-7-19(27)24(3)14-17-6-4-10-23(17)2/h16-17H,4-15H2,1-3H3/t17-/m1/s1. The second-order valence-corrected chi connectivity index (χ2v) is 8.43. The predicted octanol–water partition coefficient (Wildman–Crippen LogP) is 1.24. The van der Waals surface area contributed by atoms with Gasteiger partial charge >= 0.3 is 0 Å². The van der Waals surface area contributed by atoms with E-state index in [1.54, 1.807) is 0 Å². The van der Waals surface area contributed by atoms with Crippen LogP contribution < -0.4 is 0 Å². The molecule has 0 saturated carbocycles. The Hall–Kier alpha value is -1.54. The first-order chi connectivity index (χ1) is 13.0. The molecule has 0 bridgehead atoms. The van der Waals surface area contributed by atoms with Crippen LogP contribution in [-0.2, 0) is 17.9 Å². The molecule has 2 saturated heterocycles. The summed E-state index contributed by atoms with van der Waals surface area (Å²) in [6.07, 6.45) is 6.25. The lowest BCUT2D eigenvalue weighted by molar-refractivity contribution is -0.130. The van der Waals surface area contributed by atoms with E-state index < -0.39 is 0 Å². The largest absolute Gasteiger partial charge is 0.344 e. The SMILES string of the molecule is CC1CCN(Cc2nnnn2CCCC(=O)N(C)C[C@H]2CCCN2C)CC1. The number of carbonyl (C=O) groups is 1. The van der Waals surface area contributed by atoms with Crippen LogP contribution in [0.5, 0.6) is 0 Å². The summed E-state index contributed by atoms with van der Waals surface area (Å²) in [5, 5.41) is 12.2. The number of piperidine rings is 1. The Balaban J connectivity index is 1.40. The van der Waals surface area contributed by atoms with Gasteiger partial charge in [0, 0.05) is 32.6 Å². The van der Waals surface area contributed by atoms with Crippen molar-refractivity contribution in [2.75, 3.05) is 40.3 Å². The van der Waals surface area contributed by atoms with Crippen molar-refractivity contribution in [3.05, 3.63) is 5.82 Å². The topological polar surface area (TPSA) is 70.4 Å². The van der Waals surface area contributed by atoms with Crippen molar-refractivity contribution >= 4 is 5.91 Å². The summed E-state index contributed by atoms with van der Waals surface area (Å²) >= 11 is 0. The minimum Gasteiger partial charge on any atom is -0.344 e. The summed E-state index contributed by atoms with van der Waals surface area (Å²) in [5.41, 5.74) is 0. The number of aromatic nitrogens is 4. The first-order valence-corrected chi connectivity index (χ1v) is 10.4. The van der Waals surface area contributed by atoms with Gasteiger partial charge in [0.05, 0.1) is 6.54 Å². The zero-order valence-corrected chi connectivity index (χ0v) is 17.2. The third kappa shape index (κ3) is 5.72. The Kier molecular flexibility index (Phi) is 7.18. The molecule has 1 aromatic heterocycles. The molecule has 8 nitrogen and oxygen atoms in total. The molecule has 0 aliphatic carbocycles. The Morgan fingerprint density at radius 1 is 1.22 bits per heavy atom. The molecule has 3 heterocycles. The fraction of sp³-hybridized carbons (Fsp3) is 0.895. The number of likely N-dealkylation sites (N-methyl/N-ethyl adjacent to an activating group) is 2. The third-order valence-corrected chi connectivity index (χ3v) is 6.19. The van der Waals surface area contributed by atoms with Crippen LogP contribution in [0.4, 0.5) is 0 Å². The monoisotopic (exact) mass is 377 g/mol. The minimum atomic E-state index is 0.218. The van der Waals surface area contributed by atoms with E-state index in [-0.39, 0.29) is 5.91 Å². The van der Waals surface area contributed by atoms with Gasteiger partial charge in [-0.05, 0) is 75.1 Å². The van der Waals surface area contributed by atoms with Gasteiger partial charge in [0.15, 0.2) is 5.82 Å². The van der Waals surface area contributed by atoms with E-state index in [0.29, 0.717) is 19.0 Å². The minimum absolute atomic E-state index is 0.218. The number of carbonyl (C=O) groups excluding carboxylic acids is 1. The zero-order valence-electron chi connectivity index (χ0n) is 17.2. The lowest BCUT2D eigenvalue weighted by atomic mass is 9.99. The fourth-order valence-corrected chi connectivity index (χ4v) is 4.13. The maximum absolute atomic E-state index is 12.4. The maximum Gasteiger partial charge on any atom is 0.222 e. The number of rotatable bonds is 8. The first kappa shape index (κ1) is 20.2. The first-order valence-electron chi connectivity index (χ1n) is 10.4. The maximum atomic E-state index is 12.4. The van der Waals surface area contributed by atoms with Crippen LogP contribution in [0.3, 0.4) is 0 Å². The van der Waals surface area contributed by atoms with Gasteiger partial charge in [-0.15, -0.1) is 5.10 Å². The Morgan fingerprint density at radius 3 is 2.70 bits per heavy atom. The number of tetrazole rings is 1. The Morgan fingerprint density at radius 2 is 2.00 bits per heavy atom. The average molecular weight is 378 g/mol. The van der Waals surface area contributed by atoms with E-state index in [2.05, 4.69) is 39.3 Å². The molecule has 8 heteroatoms. The second-order valence-electron chi connectivity index (χ2n) is 8.43. The molecular weight excluding hydrogens is 342 g/mol. The lowest BCUT2D eigenvalue weighted by Crippen LogP contribution is -2.39. The van der Waals surface area contributed by atoms with Crippen LogP contribution in [-0.4, -0.2) is 87.1 Å². The van der Waals surface area contributed by atoms with Gasteiger partial charge in [-0.1, -0.05) is 6.92 Å². The van der Waals surface area contributed by atoms with Gasteiger partial charge in [-0.2, -0.15) is 0 Å². The number of aryl methyl sites for hydroxylation is 1. The number of hydrogen-bond donors (Lipinski definition) is 0. The zero-order chi connectivity index (χ0) is 19.2. The van der Waals surface area contributed by atoms with Crippen LogP contribution in [0.2, 0.25) is 0 Å². The molecule has 3 rings (SSSR count). The normalized spacial score (nSPS) is 22.4. The van der Waals surface area contributed by atoms with Crippen molar-refractivity contribution in [2.45, 2.75) is 64.6 Å². The van der Waals surface area contributed by atoms with E-state index in [4.69, 9.17) is 0 Å². The highest BCUT2D eigenvalue weighted by Crippen LogP contribution is 2.18. The number of likely N-dealkylation sites (tertiary alicyclic amines) is 2. The summed E-state index contributed by atoms with van der Waals surface area (Å²) < 4.78 is 1.87. The Labute approximate surface area is 162 Å². The fourth-order valence-electron chi connectivity index (χ4n) is 4.13. The van der Waals surface area contributed by atoms with Crippen molar-refractivity contribution in [3.63, 3.8) is 0 Å². The molecule has 2 aliphatic rings. The smallest absolute Gasteiger partial charge is 0.222 e. The van der Waals surface area contributed by atoms with Crippen molar-refractivity contribution in [1.82, 2.24) is 34.9 Å². The summed E-state index contributed by atoms with van der Waals surface area (Å²) in [5.74, 6) is 1.96. The Bertz CT molecular complexity index is 597. The van der Waals surface area contributed by atoms with Gasteiger partial charge in [-0.3, -0.25) is 9.69 Å². The summed E-state index contributed by atoms with van der Waals surface area (Å²) in [6, 6.07) is 0.511. The second kappa shape index (κ2) is 9.59. The van der Waals surface area contributed by atoms with Crippen molar-refractivity contribution in [2.24, 2.45) is 5.92 Å². The summed E-state index contributed by atoms with van der Waals surface area (Å²) in [6.45, 7) is 8.04. The molecule has 0 aromatic carbocycles. The van der Waals surface area contributed by atoms with E-state index >= 15 is 0 Å². The summed E-state index contributed by atoms with van der Waals surface area (Å²) in [7, 11) is 4.08. The molecule has 1 aromatic rings. The van der Waals surface area contributed by atoms with Crippen molar-refractivity contribution in [1.29, 1.82) is 0 Å². The molecule has 2 fully saturated rings. The van der Waals surface area contributed by atoms with Crippen LogP contribution in [0.15, 0.2) is 0 Å². The van der Waals surface area contributed by atoms with Crippen LogP contribution in [0, 0.1) is 5.92 Å². The van der Waals surface area contributed by atoms with Crippen LogP contribution >= 0.6 is 0 Å². The molecule has 0 unspecified atom stereocenters. The van der Waals surface area contributed by atoms with Crippen LogP contribution in [0.25, 0.3) is 0 Å². The molecule has 0 radical (unpaired) electrons. The highest BCUT2D eigenvalue weighted by Gasteiger charge is 2.24. The quantitative estimate of drug-likeness (QED) is 0.679. The van der Waals surface area contributed by atoms with Crippen LogP contribution in [0.1, 0.15) is 51.3 Å². The lowest BCUT2D eigenvalue weighted by Gasteiger charge is -2.29. The van der Waals surface area contributed by atoms with Gasteiger partial charge in [0.25, 0.3) is 0 Å². The molecule has 27 heavy (non-hydrogen) atoms.